The van der Waals surface area contributed by atoms with Gasteiger partial charge in [-0.15, -0.1) is 0 Å². The number of ether oxygens (including phenoxy) is 1. The fourth-order valence-electron chi connectivity index (χ4n) is 1.50. The van der Waals surface area contributed by atoms with Gasteiger partial charge in [-0.25, -0.2) is 0 Å². The van der Waals surface area contributed by atoms with E-state index < -0.39 is 36.1 Å². The number of carbonyl (C=O) groups is 3. The van der Waals surface area contributed by atoms with Crippen molar-refractivity contribution in [2.24, 2.45) is 11.8 Å². The first-order chi connectivity index (χ1) is 8.27. The Hall–Kier alpha value is -1.40. The van der Waals surface area contributed by atoms with E-state index in [4.69, 9.17) is 0 Å². The number of Topliss-reactive ketones (excluding diaryl/α,β-unsaturated/α-hetero) is 2. The third kappa shape index (κ3) is 3.82. The van der Waals surface area contributed by atoms with E-state index in [-0.39, 0.29) is 12.5 Å². The molecule has 0 aromatic rings. The quantitative estimate of drug-likeness (QED) is 0.542. The minimum atomic E-state index is -5.14. The summed E-state index contributed by atoms with van der Waals surface area (Å²) in [6.45, 7) is 1.27. The lowest BCUT2D eigenvalue weighted by atomic mass is 9.95. The summed E-state index contributed by atoms with van der Waals surface area (Å²) in [6.07, 6.45) is -4.65. The number of hydrogen-bond donors (Lipinski definition) is 0. The molecule has 0 aromatic heterocycles. The summed E-state index contributed by atoms with van der Waals surface area (Å²) in [6, 6.07) is 0. The normalized spacial score (nSPS) is 17.1. The van der Waals surface area contributed by atoms with Gasteiger partial charge in [0.2, 0.25) is 0 Å². The van der Waals surface area contributed by atoms with Gasteiger partial charge in [0.05, 0.1) is 6.61 Å². The van der Waals surface area contributed by atoms with E-state index in [1.165, 1.54) is 6.92 Å². The maximum Gasteiger partial charge on any atom is 0.450 e. The lowest BCUT2D eigenvalue weighted by Gasteiger charge is -2.15. The zero-order valence-corrected chi connectivity index (χ0v) is 9.75. The fraction of sp³-hybridized carbons (Fsp3) is 0.727. The second-order valence-corrected chi connectivity index (χ2v) is 4.11. The van der Waals surface area contributed by atoms with E-state index in [1.807, 2.05) is 0 Å². The van der Waals surface area contributed by atoms with Gasteiger partial charge in [-0.2, -0.15) is 13.2 Å². The minimum Gasteiger partial charge on any atom is -0.465 e. The number of esters is 1. The number of hydrogen-bond acceptors (Lipinski definition) is 4. The van der Waals surface area contributed by atoms with Gasteiger partial charge in [-0.1, -0.05) is 0 Å². The molecule has 1 fully saturated rings. The van der Waals surface area contributed by atoms with Crippen LogP contribution in [-0.4, -0.2) is 30.3 Å². The van der Waals surface area contributed by atoms with Crippen molar-refractivity contribution in [1.29, 1.82) is 0 Å². The highest BCUT2D eigenvalue weighted by molar-refractivity contribution is 6.05. The van der Waals surface area contributed by atoms with E-state index in [2.05, 4.69) is 4.74 Å². The van der Waals surface area contributed by atoms with Gasteiger partial charge < -0.3 is 4.74 Å². The molecule has 1 atom stereocenters. The van der Waals surface area contributed by atoms with Crippen molar-refractivity contribution in [2.75, 3.05) is 6.61 Å². The Kier molecular flexibility index (Phi) is 4.48. The molecule has 0 radical (unpaired) electrons. The topological polar surface area (TPSA) is 60.4 Å². The molecule has 1 unspecified atom stereocenters. The molecule has 0 bridgehead atoms. The molecule has 4 nitrogen and oxygen atoms in total. The molecule has 0 heterocycles. The number of alkyl halides is 3. The third-order valence-corrected chi connectivity index (χ3v) is 2.60. The summed E-state index contributed by atoms with van der Waals surface area (Å²) in [5, 5.41) is 0. The van der Waals surface area contributed by atoms with Crippen LogP contribution in [0.4, 0.5) is 13.2 Å². The predicted molar refractivity (Wildman–Crippen MR) is 53.5 cm³/mol. The van der Waals surface area contributed by atoms with Crippen LogP contribution >= 0.6 is 0 Å². The second-order valence-electron chi connectivity index (χ2n) is 4.11. The van der Waals surface area contributed by atoms with Gasteiger partial charge in [0.25, 0.3) is 5.78 Å². The molecule has 0 saturated heterocycles. The van der Waals surface area contributed by atoms with Gasteiger partial charge in [0.1, 0.15) is 11.7 Å². The molecule has 0 amide bonds. The molecule has 1 aliphatic carbocycles. The molecule has 0 aliphatic heterocycles. The van der Waals surface area contributed by atoms with E-state index in [1.54, 1.807) is 0 Å². The molecule has 18 heavy (non-hydrogen) atoms. The van der Waals surface area contributed by atoms with Crippen LogP contribution in [-0.2, 0) is 19.1 Å². The summed E-state index contributed by atoms with van der Waals surface area (Å²) in [4.78, 5) is 33.8. The van der Waals surface area contributed by atoms with E-state index in [9.17, 15) is 27.6 Å². The van der Waals surface area contributed by atoms with Crippen molar-refractivity contribution in [3.8, 4) is 0 Å². The SMILES string of the molecule is CCOC(=O)C(CC(=O)C1CC1)C(=O)C(F)(F)F. The average molecular weight is 266 g/mol. The van der Waals surface area contributed by atoms with Crippen LogP contribution in [0.1, 0.15) is 26.2 Å². The third-order valence-electron chi connectivity index (χ3n) is 2.60. The Morgan fingerprint density at radius 3 is 2.22 bits per heavy atom. The Bertz CT molecular complexity index is 358. The zero-order valence-electron chi connectivity index (χ0n) is 9.75. The zero-order chi connectivity index (χ0) is 13.9. The van der Waals surface area contributed by atoms with Crippen LogP contribution in [0.3, 0.4) is 0 Å². The molecule has 0 spiro atoms. The van der Waals surface area contributed by atoms with Gasteiger partial charge in [-0.05, 0) is 19.8 Å². The largest absolute Gasteiger partial charge is 0.465 e. The van der Waals surface area contributed by atoms with Crippen molar-refractivity contribution < 1.29 is 32.3 Å². The van der Waals surface area contributed by atoms with Crippen LogP contribution in [0, 0.1) is 11.8 Å². The van der Waals surface area contributed by atoms with E-state index in [0.29, 0.717) is 12.8 Å². The molecule has 0 N–H and O–H groups in total. The number of halogens is 3. The molecule has 1 aliphatic rings. The smallest absolute Gasteiger partial charge is 0.450 e. The molecular weight excluding hydrogens is 253 g/mol. The standard InChI is InChI=1S/C11H13F3O4/c1-2-18-10(17)7(9(16)11(12,13)14)5-8(15)6-3-4-6/h6-7H,2-5H2,1H3. The monoisotopic (exact) mass is 266 g/mol. The highest BCUT2D eigenvalue weighted by Crippen LogP contribution is 2.33. The van der Waals surface area contributed by atoms with Crippen molar-refractivity contribution in [3.63, 3.8) is 0 Å². The van der Waals surface area contributed by atoms with Crippen molar-refractivity contribution in [2.45, 2.75) is 32.4 Å². The highest BCUT2D eigenvalue weighted by Gasteiger charge is 2.48. The van der Waals surface area contributed by atoms with Crippen LogP contribution < -0.4 is 0 Å². The van der Waals surface area contributed by atoms with E-state index >= 15 is 0 Å². The Morgan fingerprint density at radius 1 is 1.28 bits per heavy atom. The Morgan fingerprint density at radius 2 is 1.83 bits per heavy atom. The summed E-state index contributed by atoms with van der Waals surface area (Å²) >= 11 is 0. The van der Waals surface area contributed by atoms with Crippen molar-refractivity contribution >= 4 is 17.5 Å². The first-order valence-electron chi connectivity index (χ1n) is 5.57. The Balaban J connectivity index is 2.76. The minimum absolute atomic E-state index is 0.141. The summed E-state index contributed by atoms with van der Waals surface area (Å²) in [7, 11) is 0. The lowest BCUT2D eigenvalue weighted by molar-refractivity contribution is -0.181. The molecular formula is C11H13F3O4. The van der Waals surface area contributed by atoms with Gasteiger partial charge in [0.15, 0.2) is 0 Å². The van der Waals surface area contributed by atoms with Gasteiger partial charge >= 0.3 is 12.1 Å². The first kappa shape index (κ1) is 14.7. The highest BCUT2D eigenvalue weighted by atomic mass is 19.4. The van der Waals surface area contributed by atoms with Crippen LogP contribution in [0.15, 0.2) is 0 Å². The lowest BCUT2D eigenvalue weighted by Crippen LogP contribution is -2.37. The second kappa shape index (κ2) is 5.49. The van der Waals surface area contributed by atoms with Crippen LogP contribution in [0.5, 0.6) is 0 Å². The first-order valence-corrected chi connectivity index (χ1v) is 5.57. The van der Waals surface area contributed by atoms with E-state index in [0.717, 1.165) is 0 Å². The Labute approximate surface area is 101 Å². The maximum absolute atomic E-state index is 12.3. The number of rotatable bonds is 6. The maximum atomic E-state index is 12.3. The molecule has 1 saturated carbocycles. The van der Waals surface area contributed by atoms with Crippen molar-refractivity contribution in [1.82, 2.24) is 0 Å². The van der Waals surface area contributed by atoms with Crippen LogP contribution in [0.25, 0.3) is 0 Å². The van der Waals surface area contributed by atoms with Crippen molar-refractivity contribution in [3.05, 3.63) is 0 Å². The molecule has 102 valence electrons. The number of ketones is 2. The fourth-order valence-corrected chi connectivity index (χ4v) is 1.50. The summed E-state index contributed by atoms with van der Waals surface area (Å²) in [5.74, 6) is -6.34. The van der Waals surface area contributed by atoms with Crippen LogP contribution in [0.2, 0.25) is 0 Å². The van der Waals surface area contributed by atoms with Gasteiger partial charge in [0, 0.05) is 12.3 Å². The summed E-state index contributed by atoms with van der Waals surface area (Å²) in [5.41, 5.74) is 0. The predicted octanol–water partition coefficient (Wildman–Crippen LogP) is 1.67. The molecule has 1 rings (SSSR count). The average Bonchev–Trinajstić information content (AvgIpc) is 3.07. The summed E-state index contributed by atoms with van der Waals surface area (Å²) < 4.78 is 41.3. The molecule has 7 heteroatoms. The number of carbonyl (C=O) groups excluding carboxylic acids is 3. The van der Waals surface area contributed by atoms with Gasteiger partial charge in [-0.3, -0.25) is 14.4 Å². The molecule has 0 aromatic carbocycles.